The molecule has 0 aromatic carbocycles. The topological polar surface area (TPSA) is 71.5 Å². The Labute approximate surface area is 167 Å². The molecular formula is C23H34O5. The molecule has 1 spiro atoms. The standard InChI is InChI=1S/C23H34O5/c1-3-18(24)22(25)9-6-16-15-4-8-20-14-21(26-12-13-27-21)10-11-23(20,28-20)17(15)5-7-19(16,22)2/h5,15-16,18,24-25H,3-4,6-14H2,1-2H3/t15?,16?,18?,19-,20+,22-,23+/m0/s1. The van der Waals surface area contributed by atoms with Gasteiger partial charge in [-0.3, -0.25) is 0 Å². The van der Waals surface area contributed by atoms with E-state index >= 15 is 0 Å². The number of aliphatic hydroxyl groups excluding tert-OH is 1. The molecule has 3 saturated carbocycles. The third-order valence-electron chi connectivity index (χ3n) is 9.83. The summed E-state index contributed by atoms with van der Waals surface area (Å²) in [5.41, 5.74) is 0.0955. The van der Waals surface area contributed by atoms with E-state index in [1.807, 2.05) is 6.92 Å². The number of allylic oxidation sites excluding steroid dienone is 1. The van der Waals surface area contributed by atoms with Crippen molar-refractivity contribution in [2.24, 2.45) is 17.3 Å². The molecule has 2 N–H and O–H groups in total. The minimum Gasteiger partial charge on any atom is -0.390 e. The summed E-state index contributed by atoms with van der Waals surface area (Å²) >= 11 is 0. The summed E-state index contributed by atoms with van der Waals surface area (Å²) < 4.78 is 18.7. The van der Waals surface area contributed by atoms with E-state index in [4.69, 9.17) is 14.2 Å². The van der Waals surface area contributed by atoms with Crippen LogP contribution >= 0.6 is 0 Å². The lowest BCUT2D eigenvalue weighted by molar-refractivity contribution is -0.185. The lowest BCUT2D eigenvalue weighted by atomic mass is 9.52. The monoisotopic (exact) mass is 390 g/mol. The fourth-order valence-corrected chi connectivity index (χ4v) is 8.27. The summed E-state index contributed by atoms with van der Waals surface area (Å²) in [6, 6.07) is 0. The first-order chi connectivity index (χ1) is 13.3. The van der Waals surface area contributed by atoms with Gasteiger partial charge < -0.3 is 24.4 Å². The molecule has 2 saturated heterocycles. The van der Waals surface area contributed by atoms with Crippen molar-refractivity contribution in [2.45, 2.75) is 100 Å². The van der Waals surface area contributed by atoms with Gasteiger partial charge in [-0.1, -0.05) is 19.9 Å². The maximum Gasteiger partial charge on any atom is 0.171 e. The maximum absolute atomic E-state index is 11.5. The third kappa shape index (κ3) is 1.92. The van der Waals surface area contributed by atoms with E-state index in [2.05, 4.69) is 13.0 Å². The van der Waals surface area contributed by atoms with Crippen molar-refractivity contribution in [3.8, 4) is 0 Å². The van der Waals surface area contributed by atoms with Gasteiger partial charge >= 0.3 is 0 Å². The van der Waals surface area contributed by atoms with Gasteiger partial charge in [-0.15, -0.1) is 0 Å². The number of ether oxygens (including phenoxy) is 3. The summed E-state index contributed by atoms with van der Waals surface area (Å²) in [4.78, 5) is 0. The van der Waals surface area contributed by atoms with Crippen molar-refractivity contribution < 1.29 is 24.4 Å². The van der Waals surface area contributed by atoms with E-state index in [-0.39, 0.29) is 16.6 Å². The zero-order valence-electron chi connectivity index (χ0n) is 17.2. The molecule has 0 radical (unpaired) electrons. The van der Waals surface area contributed by atoms with Crippen LogP contribution in [0.1, 0.15) is 71.6 Å². The molecule has 2 heterocycles. The van der Waals surface area contributed by atoms with E-state index in [0.29, 0.717) is 37.9 Å². The SMILES string of the molecule is CCC(O)[C@@]1(O)CCC2C3CC[C@@]45CC6(CC[C@@]4(O5)C3=CC[C@@]21C)OCCO6. The molecule has 156 valence electrons. The van der Waals surface area contributed by atoms with Crippen LogP contribution < -0.4 is 0 Å². The Morgan fingerprint density at radius 1 is 1.14 bits per heavy atom. The van der Waals surface area contributed by atoms with Crippen LogP contribution in [0.3, 0.4) is 0 Å². The Balaban J connectivity index is 1.33. The fourth-order valence-electron chi connectivity index (χ4n) is 8.27. The Hall–Kier alpha value is -0.460. The number of epoxide rings is 1. The predicted octanol–water partition coefficient (Wildman–Crippen LogP) is 3.08. The highest BCUT2D eigenvalue weighted by atomic mass is 16.7. The first kappa shape index (κ1) is 18.3. The zero-order chi connectivity index (χ0) is 19.4. The van der Waals surface area contributed by atoms with Crippen LogP contribution in [0, 0.1) is 17.3 Å². The minimum absolute atomic E-state index is 0.0937. The molecule has 6 aliphatic rings. The molecule has 4 aliphatic carbocycles. The normalized spacial score (nSPS) is 54.4. The largest absolute Gasteiger partial charge is 0.390 e. The number of rotatable bonds is 2. The van der Waals surface area contributed by atoms with Gasteiger partial charge in [0, 0.05) is 18.3 Å². The molecule has 5 fully saturated rings. The molecular weight excluding hydrogens is 356 g/mol. The number of fused-ring (bicyclic) bond motifs is 3. The van der Waals surface area contributed by atoms with Crippen LogP contribution in [0.5, 0.6) is 0 Å². The van der Waals surface area contributed by atoms with Gasteiger partial charge in [-0.25, -0.2) is 0 Å². The van der Waals surface area contributed by atoms with Crippen LogP contribution in [-0.2, 0) is 14.2 Å². The van der Waals surface area contributed by atoms with E-state index in [1.165, 1.54) is 5.57 Å². The van der Waals surface area contributed by atoms with Gasteiger partial charge in [-0.2, -0.15) is 0 Å². The average Bonchev–Trinajstić information content (AvgIpc) is 3.03. The molecule has 28 heavy (non-hydrogen) atoms. The Bertz CT molecular complexity index is 729. The Morgan fingerprint density at radius 2 is 1.93 bits per heavy atom. The van der Waals surface area contributed by atoms with Crippen molar-refractivity contribution in [3.05, 3.63) is 11.6 Å². The average molecular weight is 391 g/mol. The van der Waals surface area contributed by atoms with E-state index in [9.17, 15) is 10.2 Å². The first-order valence-corrected chi connectivity index (χ1v) is 11.4. The highest BCUT2D eigenvalue weighted by Crippen LogP contribution is 2.74. The summed E-state index contributed by atoms with van der Waals surface area (Å²) in [7, 11) is 0. The fraction of sp³-hybridized carbons (Fsp3) is 0.913. The van der Waals surface area contributed by atoms with Crippen molar-refractivity contribution in [1.82, 2.24) is 0 Å². The maximum atomic E-state index is 11.5. The summed E-state index contributed by atoms with van der Waals surface area (Å²) in [6.45, 7) is 5.60. The quantitative estimate of drug-likeness (QED) is 0.560. The first-order valence-electron chi connectivity index (χ1n) is 11.4. The van der Waals surface area contributed by atoms with E-state index < -0.39 is 17.5 Å². The van der Waals surface area contributed by atoms with Crippen LogP contribution in [0.2, 0.25) is 0 Å². The second-order valence-electron chi connectivity index (χ2n) is 10.6. The van der Waals surface area contributed by atoms with Gasteiger partial charge in [0.05, 0.1) is 24.9 Å². The molecule has 5 nitrogen and oxygen atoms in total. The molecule has 0 bridgehead atoms. The predicted molar refractivity (Wildman–Crippen MR) is 103 cm³/mol. The molecule has 0 amide bonds. The van der Waals surface area contributed by atoms with Gasteiger partial charge in [0.25, 0.3) is 0 Å². The highest BCUT2D eigenvalue weighted by Gasteiger charge is 2.79. The van der Waals surface area contributed by atoms with E-state index in [0.717, 1.165) is 44.9 Å². The third-order valence-corrected chi connectivity index (χ3v) is 9.83. The number of hydrogen-bond donors (Lipinski definition) is 2. The van der Waals surface area contributed by atoms with Gasteiger partial charge in [0.1, 0.15) is 11.2 Å². The summed E-state index contributed by atoms with van der Waals surface area (Å²) in [5.74, 6) is 0.507. The molecule has 3 unspecified atom stereocenters. The van der Waals surface area contributed by atoms with Crippen LogP contribution in [0.15, 0.2) is 11.6 Å². The lowest BCUT2D eigenvalue weighted by Crippen LogP contribution is -2.57. The minimum atomic E-state index is -0.965. The van der Waals surface area contributed by atoms with Crippen molar-refractivity contribution in [3.63, 3.8) is 0 Å². The lowest BCUT2D eigenvalue weighted by Gasteiger charge is -2.53. The molecule has 5 heteroatoms. The van der Waals surface area contributed by atoms with E-state index in [1.54, 1.807) is 0 Å². The highest BCUT2D eigenvalue weighted by molar-refractivity contribution is 5.43. The van der Waals surface area contributed by atoms with Crippen molar-refractivity contribution >= 4 is 0 Å². The van der Waals surface area contributed by atoms with Crippen LogP contribution in [0.4, 0.5) is 0 Å². The van der Waals surface area contributed by atoms with Crippen LogP contribution in [-0.4, -0.2) is 52.1 Å². The van der Waals surface area contributed by atoms with Crippen molar-refractivity contribution in [1.29, 1.82) is 0 Å². The van der Waals surface area contributed by atoms with Gasteiger partial charge in [-0.05, 0) is 62.4 Å². The second-order valence-corrected chi connectivity index (χ2v) is 10.6. The molecule has 0 aromatic heterocycles. The van der Waals surface area contributed by atoms with Crippen molar-refractivity contribution in [2.75, 3.05) is 13.2 Å². The van der Waals surface area contributed by atoms with Crippen LogP contribution in [0.25, 0.3) is 0 Å². The summed E-state index contributed by atoms with van der Waals surface area (Å²) in [5, 5.41) is 22.2. The Morgan fingerprint density at radius 3 is 2.68 bits per heavy atom. The molecule has 0 aromatic rings. The van der Waals surface area contributed by atoms with Gasteiger partial charge in [0.15, 0.2) is 5.79 Å². The smallest absolute Gasteiger partial charge is 0.171 e. The molecule has 7 atom stereocenters. The second kappa shape index (κ2) is 5.42. The Kier molecular flexibility index (Phi) is 3.54. The molecule has 2 aliphatic heterocycles. The number of aliphatic hydroxyl groups is 2. The molecule has 6 rings (SSSR count). The number of hydrogen-bond acceptors (Lipinski definition) is 5. The van der Waals surface area contributed by atoms with Gasteiger partial charge in [0.2, 0.25) is 0 Å². The summed E-state index contributed by atoms with van der Waals surface area (Å²) in [6.07, 6.45) is 9.87. The zero-order valence-corrected chi connectivity index (χ0v) is 17.2.